The molecule has 0 bridgehead atoms. The summed E-state index contributed by atoms with van der Waals surface area (Å²) in [5, 5.41) is 3.92. The SMILES string of the molecule is Nc1c(C(=O)Nc2ccccc2Cl)sc2nc(-c3ccc(F)cc3)ccc12. The number of amides is 1. The molecule has 134 valence electrons. The fourth-order valence-corrected chi connectivity index (χ4v) is 3.86. The summed E-state index contributed by atoms with van der Waals surface area (Å²) in [5.74, 6) is -0.648. The van der Waals surface area contributed by atoms with Crippen molar-refractivity contribution < 1.29 is 9.18 Å². The highest BCUT2D eigenvalue weighted by molar-refractivity contribution is 7.21. The van der Waals surface area contributed by atoms with E-state index in [1.54, 1.807) is 42.5 Å². The van der Waals surface area contributed by atoms with Crippen molar-refractivity contribution in [1.29, 1.82) is 0 Å². The van der Waals surface area contributed by atoms with Crippen molar-refractivity contribution in [2.75, 3.05) is 11.1 Å². The largest absolute Gasteiger partial charge is 0.397 e. The van der Waals surface area contributed by atoms with Gasteiger partial charge in [0.1, 0.15) is 15.5 Å². The Morgan fingerprint density at radius 2 is 1.81 bits per heavy atom. The lowest BCUT2D eigenvalue weighted by Gasteiger charge is -2.05. The average Bonchev–Trinajstić information content (AvgIpc) is 3.00. The van der Waals surface area contributed by atoms with Crippen LogP contribution in [0, 0.1) is 5.82 Å². The van der Waals surface area contributed by atoms with Crippen molar-refractivity contribution in [1.82, 2.24) is 4.98 Å². The summed E-state index contributed by atoms with van der Waals surface area (Å²) < 4.78 is 13.1. The zero-order chi connectivity index (χ0) is 19.0. The Hall–Kier alpha value is -2.96. The minimum absolute atomic E-state index is 0.307. The summed E-state index contributed by atoms with van der Waals surface area (Å²) >= 11 is 7.30. The van der Waals surface area contributed by atoms with E-state index in [1.165, 1.54) is 23.5 Å². The van der Waals surface area contributed by atoms with E-state index in [0.717, 1.165) is 5.56 Å². The van der Waals surface area contributed by atoms with E-state index in [-0.39, 0.29) is 11.7 Å². The molecule has 0 aliphatic heterocycles. The topological polar surface area (TPSA) is 68.0 Å². The van der Waals surface area contributed by atoms with Crippen LogP contribution in [-0.4, -0.2) is 10.9 Å². The summed E-state index contributed by atoms with van der Waals surface area (Å²) in [6, 6.07) is 16.7. The molecule has 0 radical (unpaired) electrons. The van der Waals surface area contributed by atoms with Crippen LogP contribution in [0.4, 0.5) is 15.8 Å². The molecule has 1 amide bonds. The molecule has 4 aromatic rings. The number of hydrogen-bond acceptors (Lipinski definition) is 4. The number of nitrogens with one attached hydrogen (secondary N) is 1. The first-order valence-corrected chi connectivity index (χ1v) is 9.23. The van der Waals surface area contributed by atoms with E-state index in [9.17, 15) is 9.18 Å². The highest BCUT2D eigenvalue weighted by Crippen LogP contribution is 2.35. The third-order valence-corrected chi connectivity index (χ3v) is 5.51. The van der Waals surface area contributed by atoms with Crippen molar-refractivity contribution in [3.8, 4) is 11.3 Å². The molecule has 0 aliphatic rings. The number of carbonyl (C=O) groups is 1. The number of rotatable bonds is 3. The van der Waals surface area contributed by atoms with Crippen LogP contribution < -0.4 is 11.1 Å². The van der Waals surface area contributed by atoms with Crippen LogP contribution in [0.1, 0.15) is 9.67 Å². The number of anilines is 2. The second-order valence-electron chi connectivity index (χ2n) is 5.83. The van der Waals surface area contributed by atoms with E-state index in [1.807, 2.05) is 6.07 Å². The Balaban J connectivity index is 1.70. The molecule has 0 saturated heterocycles. The molecule has 3 N–H and O–H groups in total. The molecule has 2 aromatic carbocycles. The van der Waals surface area contributed by atoms with Crippen LogP contribution in [-0.2, 0) is 0 Å². The average molecular weight is 398 g/mol. The molecular formula is C20H13ClFN3OS. The Morgan fingerprint density at radius 1 is 1.07 bits per heavy atom. The molecular weight excluding hydrogens is 385 g/mol. The third kappa shape index (κ3) is 3.37. The normalized spacial score (nSPS) is 10.9. The number of fused-ring (bicyclic) bond motifs is 1. The lowest BCUT2D eigenvalue weighted by molar-refractivity contribution is 0.103. The van der Waals surface area contributed by atoms with Gasteiger partial charge in [-0.05, 0) is 48.5 Å². The molecule has 27 heavy (non-hydrogen) atoms. The van der Waals surface area contributed by atoms with Crippen molar-refractivity contribution in [2.24, 2.45) is 0 Å². The van der Waals surface area contributed by atoms with E-state index < -0.39 is 0 Å². The highest BCUT2D eigenvalue weighted by Gasteiger charge is 2.18. The number of nitrogens with two attached hydrogens (primary N) is 1. The first kappa shape index (κ1) is 17.5. The second-order valence-corrected chi connectivity index (χ2v) is 7.24. The maximum absolute atomic E-state index is 13.1. The number of para-hydroxylation sites is 1. The van der Waals surface area contributed by atoms with Gasteiger partial charge in [-0.1, -0.05) is 23.7 Å². The quantitative estimate of drug-likeness (QED) is 0.473. The molecule has 2 aromatic heterocycles. The van der Waals surface area contributed by atoms with E-state index in [0.29, 0.717) is 37.2 Å². The van der Waals surface area contributed by atoms with Gasteiger partial charge in [0.05, 0.1) is 22.1 Å². The van der Waals surface area contributed by atoms with E-state index in [2.05, 4.69) is 10.3 Å². The van der Waals surface area contributed by atoms with Crippen LogP contribution in [0.25, 0.3) is 21.5 Å². The minimum Gasteiger partial charge on any atom is -0.397 e. The minimum atomic E-state index is -0.341. The number of halogens is 2. The van der Waals surface area contributed by atoms with Gasteiger partial charge in [0.25, 0.3) is 5.91 Å². The van der Waals surface area contributed by atoms with Gasteiger partial charge in [0.15, 0.2) is 0 Å². The number of carbonyl (C=O) groups excluding carboxylic acids is 1. The van der Waals surface area contributed by atoms with Gasteiger partial charge < -0.3 is 11.1 Å². The summed E-state index contributed by atoms with van der Waals surface area (Å²) in [4.78, 5) is 18.2. The maximum atomic E-state index is 13.1. The molecule has 4 nitrogen and oxygen atoms in total. The molecule has 0 atom stereocenters. The summed E-state index contributed by atoms with van der Waals surface area (Å²) in [6.07, 6.45) is 0. The van der Waals surface area contributed by atoms with Gasteiger partial charge in [-0.2, -0.15) is 0 Å². The van der Waals surface area contributed by atoms with Crippen LogP contribution in [0.3, 0.4) is 0 Å². The second kappa shape index (κ2) is 6.98. The molecule has 2 heterocycles. The number of thiophene rings is 1. The van der Waals surface area contributed by atoms with Gasteiger partial charge in [0, 0.05) is 10.9 Å². The third-order valence-electron chi connectivity index (χ3n) is 4.06. The zero-order valence-electron chi connectivity index (χ0n) is 13.9. The van der Waals surface area contributed by atoms with Crippen molar-refractivity contribution in [3.05, 3.63) is 76.4 Å². The van der Waals surface area contributed by atoms with Gasteiger partial charge in [0.2, 0.25) is 0 Å². The molecule has 4 rings (SSSR count). The molecule has 7 heteroatoms. The van der Waals surface area contributed by atoms with E-state index >= 15 is 0 Å². The number of hydrogen-bond donors (Lipinski definition) is 2. The number of nitrogens with zero attached hydrogens (tertiary/aromatic N) is 1. The monoisotopic (exact) mass is 397 g/mol. The van der Waals surface area contributed by atoms with Crippen LogP contribution in [0.5, 0.6) is 0 Å². The van der Waals surface area contributed by atoms with Crippen molar-refractivity contribution in [2.45, 2.75) is 0 Å². The van der Waals surface area contributed by atoms with Crippen molar-refractivity contribution >= 4 is 50.4 Å². The van der Waals surface area contributed by atoms with Gasteiger partial charge >= 0.3 is 0 Å². The summed E-state index contributed by atoms with van der Waals surface area (Å²) in [5.41, 5.74) is 8.52. The fourth-order valence-electron chi connectivity index (χ4n) is 2.69. The number of nitrogen functional groups attached to an aromatic ring is 1. The number of benzene rings is 2. The van der Waals surface area contributed by atoms with Crippen molar-refractivity contribution in [3.63, 3.8) is 0 Å². The van der Waals surface area contributed by atoms with Crippen LogP contribution >= 0.6 is 22.9 Å². The number of pyridine rings is 1. The smallest absolute Gasteiger partial charge is 0.267 e. The lowest BCUT2D eigenvalue weighted by atomic mass is 10.1. The highest BCUT2D eigenvalue weighted by atomic mass is 35.5. The van der Waals surface area contributed by atoms with Gasteiger partial charge in [-0.25, -0.2) is 9.37 Å². The molecule has 0 unspecified atom stereocenters. The molecule has 0 fully saturated rings. The first-order chi connectivity index (χ1) is 13.0. The Morgan fingerprint density at radius 3 is 2.56 bits per heavy atom. The van der Waals surface area contributed by atoms with Gasteiger partial charge in [-0.15, -0.1) is 11.3 Å². The predicted octanol–water partition coefficient (Wildman–Crippen LogP) is 5.59. The molecule has 0 saturated carbocycles. The van der Waals surface area contributed by atoms with Crippen LogP contribution in [0.15, 0.2) is 60.7 Å². The lowest BCUT2D eigenvalue weighted by Crippen LogP contribution is -2.12. The standard InChI is InChI=1S/C20H13ClFN3OS/c21-14-3-1-2-4-16(14)24-19(26)18-17(23)13-9-10-15(25-20(13)27-18)11-5-7-12(22)8-6-11/h1-10H,23H2,(H,24,26). The predicted molar refractivity (Wildman–Crippen MR) is 109 cm³/mol. The fraction of sp³-hybridized carbons (Fsp3) is 0. The van der Waals surface area contributed by atoms with E-state index in [4.69, 9.17) is 17.3 Å². The summed E-state index contributed by atoms with van der Waals surface area (Å²) in [7, 11) is 0. The number of aromatic nitrogens is 1. The van der Waals surface area contributed by atoms with Crippen LogP contribution in [0.2, 0.25) is 5.02 Å². The summed E-state index contributed by atoms with van der Waals surface area (Å²) in [6.45, 7) is 0. The first-order valence-electron chi connectivity index (χ1n) is 8.04. The Labute approximate surface area is 163 Å². The van der Waals surface area contributed by atoms with Gasteiger partial charge in [-0.3, -0.25) is 4.79 Å². The maximum Gasteiger partial charge on any atom is 0.267 e. The Bertz CT molecular complexity index is 1160. The molecule has 0 aliphatic carbocycles. The Kier molecular flexibility index (Phi) is 4.51. The zero-order valence-corrected chi connectivity index (χ0v) is 15.4. The molecule has 0 spiro atoms.